The lowest BCUT2D eigenvalue weighted by Gasteiger charge is -2.35. The molecular weight excluding hydrogens is 260 g/mol. The molecule has 1 aromatic rings. The Hall–Kier alpha value is -1.00. The average Bonchev–Trinajstić information content (AvgIpc) is 2.37. The molecule has 0 aliphatic heterocycles. The highest BCUT2D eigenvalue weighted by molar-refractivity contribution is 5.31. The van der Waals surface area contributed by atoms with Crippen molar-refractivity contribution in [2.75, 3.05) is 13.2 Å². The number of nitrogens with one attached hydrogen (secondary N) is 1. The Bertz CT molecular complexity index is 446. The van der Waals surface area contributed by atoms with Crippen LogP contribution in [0.15, 0.2) is 12.1 Å². The molecular formula is C16H25F2NO. The summed E-state index contributed by atoms with van der Waals surface area (Å²) in [4.78, 5) is 0. The van der Waals surface area contributed by atoms with Crippen LogP contribution < -0.4 is 5.32 Å². The third-order valence-corrected chi connectivity index (χ3v) is 3.42. The van der Waals surface area contributed by atoms with Crippen LogP contribution in [0, 0.1) is 18.6 Å². The minimum atomic E-state index is -0.695. The van der Waals surface area contributed by atoms with E-state index < -0.39 is 23.3 Å². The molecule has 0 aliphatic rings. The van der Waals surface area contributed by atoms with Crippen LogP contribution in [0.3, 0.4) is 0 Å². The van der Waals surface area contributed by atoms with Gasteiger partial charge in [0.25, 0.3) is 0 Å². The molecule has 4 heteroatoms. The summed E-state index contributed by atoms with van der Waals surface area (Å²) in [6.07, 6.45) is 0.883. The van der Waals surface area contributed by atoms with Crippen molar-refractivity contribution in [1.29, 1.82) is 0 Å². The van der Waals surface area contributed by atoms with Crippen molar-refractivity contribution in [3.05, 3.63) is 34.9 Å². The van der Waals surface area contributed by atoms with Crippen LogP contribution >= 0.6 is 0 Å². The largest absolute Gasteiger partial charge is 0.374 e. The van der Waals surface area contributed by atoms with E-state index in [1.807, 2.05) is 27.7 Å². The first kappa shape index (κ1) is 17.1. The summed E-state index contributed by atoms with van der Waals surface area (Å²) in [5.41, 5.74) is -0.187. The highest BCUT2D eigenvalue weighted by Gasteiger charge is 2.35. The van der Waals surface area contributed by atoms with E-state index in [2.05, 4.69) is 5.32 Å². The fraction of sp³-hybridized carbons (Fsp3) is 0.625. The van der Waals surface area contributed by atoms with Crippen molar-refractivity contribution in [3.8, 4) is 0 Å². The molecule has 0 spiro atoms. The van der Waals surface area contributed by atoms with Gasteiger partial charge in [-0.1, -0.05) is 13.0 Å². The first-order valence-electron chi connectivity index (χ1n) is 7.17. The van der Waals surface area contributed by atoms with Crippen LogP contribution in [0.1, 0.15) is 51.3 Å². The van der Waals surface area contributed by atoms with E-state index in [0.29, 0.717) is 18.7 Å². The van der Waals surface area contributed by atoms with E-state index in [0.717, 1.165) is 6.42 Å². The predicted octanol–water partition coefficient (Wildman–Crippen LogP) is 4.13. The van der Waals surface area contributed by atoms with Gasteiger partial charge in [0.2, 0.25) is 0 Å². The van der Waals surface area contributed by atoms with Crippen LogP contribution in [0.5, 0.6) is 0 Å². The minimum Gasteiger partial charge on any atom is -0.374 e. The van der Waals surface area contributed by atoms with E-state index in [1.54, 1.807) is 6.92 Å². The van der Waals surface area contributed by atoms with Crippen LogP contribution in [-0.2, 0) is 4.74 Å². The molecule has 1 N–H and O–H groups in total. The second-order valence-electron chi connectivity index (χ2n) is 5.52. The van der Waals surface area contributed by atoms with Gasteiger partial charge in [0.1, 0.15) is 11.6 Å². The lowest BCUT2D eigenvalue weighted by molar-refractivity contribution is -0.0408. The third kappa shape index (κ3) is 3.76. The first-order chi connectivity index (χ1) is 9.35. The molecule has 0 saturated heterocycles. The molecule has 1 rings (SSSR count). The van der Waals surface area contributed by atoms with Gasteiger partial charge >= 0.3 is 0 Å². The van der Waals surface area contributed by atoms with Gasteiger partial charge in [0.15, 0.2) is 0 Å². The summed E-state index contributed by atoms with van der Waals surface area (Å²) in [7, 11) is 0. The van der Waals surface area contributed by atoms with E-state index in [1.165, 1.54) is 12.1 Å². The van der Waals surface area contributed by atoms with E-state index in [4.69, 9.17) is 4.74 Å². The maximum absolute atomic E-state index is 14.4. The zero-order valence-corrected chi connectivity index (χ0v) is 13.0. The molecule has 1 unspecified atom stereocenters. The highest BCUT2D eigenvalue weighted by Crippen LogP contribution is 2.33. The van der Waals surface area contributed by atoms with Crippen molar-refractivity contribution >= 4 is 0 Å². The summed E-state index contributed by atoms with van der Waals surface area (Å²) in [6, 6.07) is 2.25. The van der Waals surface area contributed by atoms with Gasteiger partial charge in [0, 0.05) is 12.2 Å². The minimum absolute atomic E-state index is 0.0666. The van der Waals surface area contributed by atoms with E-state index in [-0.39, 0.29) is 5.56 Å². The Morgan fingerprint density at radius 3 is 2.45 bits per heavy atom. The molecule has 0 heterocycles. The molecule has 20 heavy (non-hydrogen) atoms. The van der Waals surface area contributed by atoms with E-state index >= 15 is 0 Å². The molecule has 0 aromatic heterocycles. The summed E-state index contributed by atoms with van der Waals surface area (Å²) >= 11 is 0. The topological polar surface area (TPSA) is 21.3 Å². The van der Waals surface area contributed by atoms with Crippen LogP contribution in [-0.4, -0.2) is 18.8 Å². The molecule has 0 radical (unpaired) electrons. The Morgan fingerprint density at radius 1 is 1.25 bits per heavy atom. The van der Waals surface area contributed by atoms with Crippen LogP contribution in [0.25, 0.3) is 0 Å². The number of ether oxygens (including phenoxy) is 1. The number of hydrogen-bond acceptors (Lipinski definition) is 2. The smallest absolute Gasteiger partial charge is 0.133 e. The van der Waals surface area contributed by atoms with Gasteiger partial charge in [-0.05, 0) is 52.3 Å². The van der Waals surface area contributed by atoms with E-state index in [9.17, 15) is 8.78 Å². The monoisotopic (exact) mass is 285 g/mol. The Balaban J connectivity index is 3.27. The number of aryl methyl sites for hydroxylation is 1. The maximum Gasteiger partial charge on any atom is 0.133 e. The van der Waals surface area contributed by atoms with Crippen LogP contribution in [0.2, 0.25) is 0 Å². The third-order valence-electron chi connectivity index (χ3n) is 3.42. The van der Waals surface area contributed by atoms with Crippen molar-refractivity contribution in [1.82, 2.24) is 5.32 Å². The Morgan fingerprint density at radius 2 is 1.90 bits per heavy atom. The number of hydrogen-bond donors (Lipinski definition) is 1. The summed E-state index contributed by atoms with van der Waals surface area (Å²) in [5, 5.41) is 3.21. The van der Waals surface area contributed by atoms with Crippen LogP contribution in [0.4, 0.5) is 8.78 Å². The van der Waals surface area contributed by atoms with Gasteiger partial charge in [0.05, 0.1) is 11.6 Å². The fourth-order valence-electron chi connectivity index (χ4n) is 2.38. The van der Waals surface area contributed by atoms with Gasteiger partial charge in [-0.25, -0.2) is 8.78 Å². The Labute approximate surface area is 120 Å². The number of benzene rings is 1. The summed E-state index contributed by atoms with van der Waals surface area (Å²) < 4.78 is 34.2. The summed E-state index contributed by atoms with van der Waals surface area (Å²) in [6.45, 7) is 10.4. The first-order valence-corrected chi connectivity index (χ1v) is 7.17. The van der Waals surface area contributed by atoms with Crippen molar-refractivity contribution in [2.24, 2.45) is 0 Å². The van der Waals surface area contributed by atoms with Crippen molar-refractivity contribution in [3.63, 3.8) is 0 Å². The molecule has 0 aliphatic carbocycles. The number of rotatable bonds is 7. The molecule has 0 amide bonds. The van der Waals surface area contributed by atoms with Gasteiger partial charge in [-0.15, -0.1) is 0 Å². The molecule has 0 fully saturated rings. The zero-order valence-electron chi connectivity index (χ0n) is 13.0. The highest BCUT2D eigenvalue weighted by atomic mass is 19.1. The van der Waals surface area contributed by atoms with Gasteiger partial charge in [-0.2, -0.15) is 0 Å². The normalized spacial score (nSPS) is 13.6. The molecule has 0 bridgehead atoms. The second kappa shape index (κ2) is 7.14. The lowest BCUT2D eigenvalue weighted by Crippen LogP contribution is -2.43. The fourth-order valence-corrected chi connectivity index (χ4v) is 2.38. The maximum atomic E-state index is 14.4. The second-order valence-corrected chi connectivity index (χ2v) is 5.52. The molecule has 1 atom stereocenters. The van der Waals surface area contributed by atoms with Crippen molar-refractivity contribution < 1.29 is 13.5 Å². The predicted molar refractivity (Wildman–Crippen MR) is 77.8 cm³/mol. The summed E-state index contributed by atoms with van der Waals surface area (Å²) in [5.74, 6) is -1.03. The molecule has 0 saturated carbocycles. The van der Waals surface area contributed by atoms with Gasteiger partial charge < -0.3 is 10.1 Å². The quantitative estimate of drug-likeness (QED) is 0.813. The van der Waals surface area contributed by atoms with Gasteiger partial charge in [-0.3, -0.25) is 0 Å². The molecule has 1 aromatic carbocycles. The average molecular weight is 285 g/mol. The lowest BCUT2D eigenvalue weighted by atomic mass is 9.89. The zero-order chi connectivity index (χ0) is 15.3. The Kier molecular flexibility index (Phi) is 6.08. The number of halogens is 2. The molecule has 114 valence electrons. The SMILES string of the molecule is CCCNC(c1c(F)ccc(C)c1F)C(C)(C)OCC. The van der Waals surface area contributed by atoms with Crippen molar-refractivity contribution in [2.45, 2.75) is 52.7 Å². The standard InChI is InChI=1S/C16H25F2NO/c1-6-10-19-15(16(4,5)20-7-2)13-12(17)9-8-11(3)14(13)18/h8-9,15,19H,6-7,10H2,1-5H3. The molecule has 2 nitrogen and oxygen atoms in total.